The van der Waals surface area contributed by atoms with Crippen molar-refractivity contribution in [2.24, 2.45) is 0 Å². The van der Waals surface area contributed by atoms with Gasteiger partial charge in [0.1, 0.15) is 0 Å². The molecule has 0 atom stereocenters. The molecule has 1 aliphatic heterocycles. The Labute approximate surface area is 157 Å². The van der Waals surface area contributed by atoms with Crippen LogP contribution in [0.3, 0.4) is 0 Å². The maximum absolute atomic E-state index is 12.7. The zero-order valence-electron chi connectivity index (χ0n) is 14.4. The van der Waals surface area contributed by atoms with Crippen LogP contribution in [0.2, 0.25) is 0 Å². The van der Waals surface area contributed by atoms with Crippen molar-refractivity contribution in [3.05, 3.63) is 54.0 Å². The number of nitrogens with one attached hydrogen (secondary N) is 2. The molecule has 1 aliphatic rings. The third-order valence-electron chi connectivity index (χ3n) is 4.23. The number of amides is 2. The molecule has 7 heteroatoms. The summed E-state index contributed by atoms with van der Waals surface area (Å²) < 4.78 is 5.02. The molecule has 0 spiro atoms. The van der Waals surface area contributed by atoms with Gasteiger partial charge in [0.05, 0.1) is 6.26 Å². The van der Waals surface area contributed by atoms with Crippen molar-refractivity contribution in [1.82, 2.24) is 10.2 Å². The second-order valence-corrected chi connectivity index (χ2v) is 6.58. The Morgan fingerprint density at radius 1 is 1.04 bits per heavy atom. The third-order valence-corrected chi connectivity index (χ3v) is 4.44. The number of hydrogen-bond donors (Lipinski definition) is 2. The summed E-state index contributed by atoms with van der Waals surface area (Å²) in [7, 11) is 0. The van der Waals surface area contributed by atoms with Crippen LogP contribution in [-0.4, -0.2) is 34.9 Å². The summed E-state index contributed by atoms with van der Waals surface area (Å²) in [6, 6.07) is 10.3. The Kier molecular flexibility index (Phi) is 6.01. The topological polar surface area (TPSA) is 74.6 Å². The van der Waals surface area contributed by atoms with E-state index >= 15 is 0 Å². The summed E-state index contributed by atoms with van der Waals surface area (Å²) in [4.78, 5) is 26.5. The first-order chi connectivity index (χ1) is 12.6. The largest absolute Gasteiger partial charge is 0.459 e. The van der Waals surface area contributed by atoms with Gasteiger partial charge in [0, 0.05) is 24.3 Å². The molecule has 1 fully saturated rings. The van der Waals surface area contributed by atoms with Crippen molar-refractivity contribution in [3.63, 3.8) is 0 Å². The number of carbonyl (C=O) groups is 2. The lowest BCUT2D eigenvalue weighted by atomic mass is 10.1. The predicted octanol–water partition coefficient (Wildman–Crippen LogP) is 3.42. The van der Waals surface area contributed by atoms with Gasteiger partial charge in [-0.15, -0.1) is 0 Å². The standard InChI is InChI=1S/C19H21N3O3S/c23-17(16-9-6-12-25-16)21-19(26)20-15-8-5-7-14(13-15)18(24)22-10-3-1-2-4-11-22/h5-9,12-13H,1-4,10-11H2,(H2,20,21,23,26). The lowest BCUT2D eigenvalue weighted by molar-refractivity contribution is 0.0761. The van der Waals surface area contributed by atoms with Gasteiger partial charge in [-0.2, -0.15) is 0 Å². The summed E-state index contributed by atoms with van der Waals surface area (Å²) in [6.07, 6.45) is 5.87. The molecular weight excluding hydrogens is 350 g/mol. The lowest BCUT2D eigenvalue weighted by Crippen LogP contribution is -2.34. The molecule has 2 N–H and O–H groups in total. The van der Waals surface area contributed by atoms with E-state index in [0.717, 1.165) is 25.9 Å². The Balaban J connectivity index is 1.62. The summed E-state index contributed by atoms with van der Waals surface area (Å²) in [5, 5.41) is 5.62. The van der Waals surface area contributed by atoms with Crippen molar-refractivity contribution in [1.29, 1.82) is 0 Å². The number of rotatable bonds is 3. The second-order valence-electron chi connectivity index (χ2n) is 6.17. The maximum Gasteiger partial charge on any atom is 0.293 e. The number of thiocarbonyl (C=S) groups is 1. The second kappa shape index (κ2) is 8.62. The molecule has 2 amide bonds. The van der Waals surface area contributed by atoms with E-state index in [4.69, 9.17) is 16.6 Å². The molecule has 1 aromatic heterocycles. The van der Waals surface area contributed by atoms with Crippen molar-refractivity contribution in [2.75, 3.05) is 18.4 Å². The molecule has 1 saturated heterocycles. The molecule has 0 unspecified atom stereocenters. The molecule has 2 aromatic rings. The molecule has 0 radical (unpaired) electrons. The Hall–Kier alpha value is -2.67. The van der Waals surface area contributed by atoms with Crippen molar-refractivity contribution in [2.45, 2.75) is 25.7 Å². The molecular formula is C19H21N3O3S. The van der Waals surface area contributed by atoms with Gasteiger partial charge in [-0.25, -0.2) is 0 Å². The SMILES string of the molecule is O=C(NC(=S)Nc1cccc(C(=O)N2CCCCCC2)c1)c1ccco1. The van der Waals surface area contributed by atoms with Crippen molar-refractivity contribution >= 4 is 34.8 Å². The number of carbonyl (C=O) groups excluding carboxylic acids is 2. The highest BCUT2D eigenvalue weighted by atomic mass is 32.1. The van der Waals surface area contributed by atoms with Crippen LogP contribution in [0.25, 0.3) is 0 Å². The normalized spacial score (nSPS) is 14.4. The zero-order chi connectivity index (χ0) is 18.4. The first-order valence-corrected chi connectivity index (χ1v) is 9.09. The van der Waals surface area contributed by atoms with Gasteiger partial charge in [-0.05, 0) is 55.4 Å². The van der Waals surface area contributed by atoms with Gasteiger partial charge in [0.2, 0.25) is 0 Å². The van der Waals surface area contributed by atoms with E-state index in [9.17, 15) is 9.59 Å². The lowest BCUT2D eigenvalue weighted by Gasteiger charge is -2.20. The van der Waals surface area contributed by atoms with Crippen molar-refractivity contribution in [3.8, 4) is 0 Å². The van der Waals surface area contributed by atoms with Crippen LogP contribution in [0.4, 0.5) is 5.69 Å². The molecule has 6 nitrogen and oxygen atoms in total. The van der Waals surface area contributed by atoms with Gasteiger partial charge in [-0.1, -0.05) is 18.9 Å². The van der Waals surface area contributed by atoms with Gasteiger partial charge in [0.15, 0.2) is 10.9 Å². The molecule has 2 heterocycles. The van der Waals surface area contributed by atoms with Gasteiger partial charge in [0.25, 0.3) is 11.8 Å². The smallest absolute Gasteiger partial charge is 0.293 e. The Morgan fingerprint density at radius 2 is 1.81 bits per heavy atom. The van der Waals surface area contributed by atoms with Crippen LogP contribution < -0.4 is 10.6 Å². The van der Waals surface area contributed by atoms with Crippen LogP contribution in [0, 0.1) is 0 Å². The molecule has 0 saturated carbocycles. The molecule has 0 bridgehead atoms. The highest BCUT2D eigenvalue weighted by Crippen LogP contribution is 2.16. The molecule has 3 rings (SSSR count). The van der Waals surface area contributed by atoms with Gasteiger partial charge in [-0.3, -0.25) is 14.9 Å². The monoisotopic (exact) mass is 371 g/mol. The summed E-state index contributed by atoms with van der Waals surface area (Å²) in [6.45, 7) is 1.60. The summed E-state index contributed by atoms with van der Waals surface area (Å²) >= 11 is 5.16. The minimum atomic E-state index is -0.427. The Bertz CT molecular complexity index is 781. The quantitative estimate of drug-likeness (QED) is 0.809. The van der Waals surface area contributed by atoms with Gasteiger partial charge >= 0.3 is 0 Å². The number of anilines is 1. The number of nitrogens with zero attached hydrogens (tertiary/aromatic N) is 1. The minimum absolute atomic E-state index is 0.0288. The van der Waals surface area contributed by atoms with E-state index in [1.54, 1.807) is 36.4 Å². The number of hydrogen-bond acceptors (Lipinski definition) is 4. The number of benzene rings is 1. The highest BCUT2D eigenvalue weighted by molar-refractivity contribution is 7.80. The zero-order valence-corrected chi connectivity index (χ0v) is 15.2. The van der Waals surface area contributed by atoms with E-state index in [0.29, 0.717) is 11.3 Å². The van der Waals surface area contributed by atoms with Crippen LogP contribution in [0.15, 0.2) is 47.1 Å². The van der Waals surface area contributed by atoms with E-state index in [1.807, 2.05) is 4.90 Å². The van der Waals surface area contributed by atoms with E-state index in [-0.39, 0.29) is 16.8 Å². The molecule has 0 aliphatic carbocycles. The fraction of sp³-hybridized carbons (Fsp3) is 0.316. The van der Waals surface area contributed by atoms with Crippen LogP contribution in [0.1, 0.15) is 46.6 Å². The summed E-state index contributed by atoms with van der Waals surface area (Å²) in [5.74, 6) is -0.218. The van der Waals surface area contributed by atoms with E-state index in [1.165, 1.54) is 19.1 Å². The third kappa shape index (κ3) is 4.70. The highest BCUT2D eigenvalue weighted by Gasteiger charge is 2.17. The van der Waals surface area contributed by atoms with Crippen LogP contribution >= 0.6 is 12.2 Å². The van der Waals surface area contributed by atoms with Crippen LogP contribution in [0.5, 0.6) is 0 Å². The number of likely N-dealkylation sites (tertiary alicyclic amines) is 1. The summed E-state index contributed by atoms with van der Waals surface area (Å²) in [5.41, 5.74) is 1.26. The molecule has 136 valence electrons. The van der Waals surface area contributed by atoms with Crippen molar-refractivity contribution < 1.29 is 14.0 Å². The molecule has 1 aromatic carbocycles. The van der Waals surface area contributed by atoms with E-state index < -0.39 is 5.91 Å². The minimum Gasteiger partial charge on any atom is -0.459 e. The van der Waals surface area contributed by atoms with E-state index in [2.05, 4.69) is 10.6 Å². The number of furan rings is 1. The first kappa shape index (κ1) is 18.1. The van der Waals surface area contributed by atoms with Gasteiger partial charge < -0.3 is 14.6 Å². The Morgan fingerprint density at radius 3 is 2.50 bits per heavy atom. The fourth-order valence-corrected chi connectivity index (χ4v) is 3.13. The van der Waals surface area contributed by atoms with Crippen LogP contribution in [-0.2, 0) is 0 Å². The molecule has 26 heavy (non-hydrogen) atoms. The first-order valence-electron chi connectivity index (χ1n) is 8.68. The predicted molar refractivity (Wildman–Crippen MR) is 103 cm³/mol. The average molecular weight is 371 g/mol. The maximum atomic E-state index is 12.7. The average Bonchev–Trinajstić information content (AvgIpc) is 3.04. The fourth-order valence-electron chi connectivity index (χ4n) is 2.92.